The second-order valence-corrected chi connectivity index (χ2v) is 6.10. The molecule has 3 aromatic rings. The summed E-state index contributed by atoms with van der Waals surface area (Å²) < 4.78 is 11.1. The molecule has 0 aliphatic heterocycles. The molecule has 1 N–H and O–H groups in total. The summed E-state index contributed by atoms with van der Waals surface area (Å²) in [4.78, 5) is 2.14. The Morgan fingerprint density at radius 1 is 0.958 bits per heavy atom. The first-order chi connectivity index (χ1) is 11.7. The molecule has 24 heavy (non-hydrogen) atoms. The Hall–Kier alpha value is -2.30. The van der Waals surface area contributed by atoms with Gasteiger partial charge in [0.25, 0.3) is 0 Å². The minimum Gasteiger partial charge on any atom is -0.468 e. The Bertz CT molecular complexity index is 718. The fourth-order valence-electron chi connectivity index (χ4n) is 2.85. The Morgan fingerprint density at radius 3 is 2.42 bits per heavy atom. The van der Waals surface area contributed by atoms with Crippen LogP contribution in [0.2, 0.25) is 0 Å². The fraction of sp³-hybridized carbons (Fsp3) is 0.300. The summed E-state index contributed by atoms with van der Waals surface area (Å²) in [6, 6.07) is 17.8. The van der Waals surface area contributed by atoms with Gasteiger partial charge in [0.1, 0.15) is 17.3 Å². The topological polar surface area (TPSA) is 49.8 Å². The number of benzene rings is 1. The molecular formula is C20H23NO3. The van der Waals surface area contributed by atoms with E-state index in [1.54, 1.807) is 6.26 Å². The first kappa shape index (κ1) is 16.6. The van der Waals surface area contributed by atoms with Crippen molar-refractivity contribution in [2.45, 2.75) is 32.5 Å². The Labute approximate surface area is 142 Å². The van der Waals surface area contributed by atoms with Gasteiger partial charge in [-0.2, -0.15) is 0 Å². The molecule has 126 valence electrons. The van der Waals surface area contributed by atoms with Gasteiger partial charge in [-0.25, -0.2) is 0 Å². The molecule has 1 atom stereocenters. The third-order valence-electron chi connectivity index (χ3n) is 3.92. The van der Waals surface area contributed by atoms with E-state index in [1.165, 1.54) is 0 Å². The third kappa shape index (κ3) is 4.85. The van der Waals surface area contributed by atoms with Crippen molar-refractivity contribution in [3.8, 4) is 0 Å². The van der Waals surface area contributed by atoms with Gasteiger partial charge in [-0.05, 0) is 43.2 Å². The maximum absolute atomic E-state index is 10.5. The molecule has 0 aliphatic carbocycles. The number of aliphatic hydroxyl groups is 1. The monoisotopic (exact) mass is 325 g/mol. The fourth-order valence-corrected chi connectivity index (χ4v) is 2.85. The summed E-state index contributed by atoms with van der Waals surface area (Å²) in [5.74, 6) is 2.67. The summed E-state index contributed by atoms with van der Waals surface area (Å²) in [6.07, 6.45) is 1.86. The summed E-state index contributed by atoms with van der Waals surface area (Å²) in [7, 11) is 0. The van der Waals surface area contributed by atoms with Crippen molar-refractivity contribution in [2.75, 3.05) is 6.54 Å². The van der Waals surface area contributed by atoms with Gasteiger partial charge >= 0.3 is 0 Å². The molecular weight excluding hydrogens is 302 g/mol. The van der Waals surface area contributed by atoms with E-state index in [0.717, 1.165) is 22.8 Å². The molecule has 2 heterocycles. The van der Waals surface area contributed by atoms with Crippen LogP contribution < -0.4 is 0 Å². The molecule has 0 fully saturated rings. The van der Waals surface area contributed by atoms with Crippen LogP contribution in [-0.4, -0.2) is 22.7 Å². The minimum atomic E-state index is -0.446. The first-order valence-electron chi connectivity index (χ1n) is 8.21. The number of hydrogen-bond acceptors (Lipinski definition) is 4. The average Bonchev–Trinajstić information content (AvgIpc) is 3.20. The molecule has 0 bridgehead atoms. The lowest BCUT2D eigenvalue weighted by atomic mass is 10.1. The van der Waals surface area contributed by atoms with Crippen molar-refractivity contribution >= 4 is 0 Å². The first-order valence-corrected chi connectivity index (χ1v) is 8.21. The van der Waals surface area contributed by atoms with Crippen molar-refractivity contribution in [1.82, 2.24) is 4.90 Å². The number of rotatable bonds is 8. The molecule has 0 saturated carbocycles. The molecule has 4 nitrogen and oxygen atoms in total. The normalized spacial score (nSPS) is 12.6. The van der Waals surface area contributed by atoms with Gasteiger partial charge in [-0.15, -0.1) is 0 Å². The van der Waals surface area contributed by atoms with Gasteiger partial charge in [0.05, 0.1) is 25.5 Å². The van der Waals surface area contributed by atoms with Gasteiger partial charge < -0.3 is 13.9 Å². The SMILES string of the molecule is Cc1ccc(CN(Cc2ccco2)C[C@@H](O)Cc2ccccc2)o1. The van der Waals surface area contributed by atoms with Crippen LogP contribution in [0.3, 0.4) is 0 Å². The van der Waals surface area contributed by atoms with Crippen LogP contribution in [-0.2, 0) is 19.5 Å². The number of aliphatic hydroxyl groups excluding tert-OH is 1. The third-order valence-corrected chi connectivity index (χ3v) is 3.92. The summed E-state index contributed by atoms with van der Waals surface area (Å²) in [5.41, 5.74) is 1.14. The van der Waals surface area contributed by atoms with Gasteiger partial charge in [0.15, 0.2) is 0 Å². The maximum Gasteiger partial charge on any atom is 0.118 e. The van der Waals surface area contributed by atoms with E-state index >= 15 is 0 Å². The largest absolute Gasteiger partial charge is 0.468 e. The number of nitrogens with zero attached hydrogens (tertiary/aromatic N) is 1. The van der Waals surface area contributed by atoms with Crippen molar-refractivity contribution in [1.29, 1.82) is 0 Å². The summed E-state index contributed by atoms with van der Waals surface area (Å²) in [5, 5.41) is 10.5. The van der Waals surface area contributed by atoms with Gasteiger partial charge in [-0.3, -0.25) is 4.90 Å². The van der Waals surface area contributed by atoms with Crippen LogP contribution in [0, 0.1) is 6.92 Å². The quantitative estimate of drug-likeness (QED) is 0.684. The van der Waals surface area contributed by atoms with Crippen LogP contribution in [0.25, 0.3) is 0 Å². The highest BCUT2D eigenvalue weighted by molar-refractivity contribution is 5.15. The van der Waals surface area contributed by atoms with Crippen molar-refractivity contribution in [2.24, 2.45) is 0 Å². The zero-order chi connectivity index (χ0) is 16.8. The van der Waals surface area contributed by atoms with Crippen LogP contribution in [0.15, 0.2) is 69.7 Å². The van der Waals surface area contributed by atoms with Crippen molar-refractivity contribution in [3.63, 3.8) is 0 Å². The molecule has 3 rings (SSSR count). The van der Waals surface area contributed by atoms with Crippen LogP contribution in [0.1, 0.15) is 22.8 Å². The van der Waals surface area contributed by atoms with E-state index in [-0.39, 0.29) is 0 Å². The molecule has 0 saturated heterocycles. The van der Waals surface area contributed by atoms with Gasteiger partial charge in [-0.1, -0.05) is 30.3 Å². The standard InChI is InChI=1S/C20H23NO3/c1-16-9-10-20(24-16)15-21(14-19-8-5-11-23-19)13-18(22)12-17-6-3-2-4-7-17/h2-11,18,22H,12-15H2,1H3/t18-/m0/s1. The summed E-state index contributed by atoms with van der Waals surface area (Å²) >= 11 is 0. The number of furan rings is 2. The van der Waals surface area contributed by atoms with Crippen LogP contribution in [0.5, 0.6) is 0 Å². The molecule has 0 unspecified atom stereocenters. The second kappa shape index (κ2) is 7.99. The lowest BCUT2D eigenvalue weighted by molar-refractivity contribution is 0.0959. The van der Waals surface area contributed by atoms with E-state index in [0.29, 0.717) is 26.1 Å². The van der Waals surface area contributed by atoms with E-state index in [1.807, 2.05) is 61.5 Å². The lowest BCUT2D eigenvalue weighted by Gasteiger charge is -2.23. The predicted octanol–water partition coefficient (Wildman–Crippen LogP) is 3.79. The van der Waals surface area contributed by atoms with E-state index in [4.69, 9.17) is 8.83 Å². The molecule has 2 aromatic heterocycles. The maximum atomic E-state index is 10.5. The highest BCUT2D eigenvalue weighted by atomic mass is 16.3. The zero-order valence-corrected chi connectivity index (χ0v) is 13.9. The summed E-state index contributed by atoms with van der Waals surface area (Å²) in [6.45, 7) is 3.76. The lowest BCUT2D eigenvalue weighted by Crippen LogP contribution is -2.32. The van der Waals surface area contributed by atoms with Crippen molar-refractivity contribution < 1.29 is 13.9 Å². The predicted molar refractivity (Wildman–Crippen MR) is 92.4 cm³/mol. The van der Waals surface area contributed by atoms with Crippen molar-refractivity contribution in [3.05, 3.63) is 83.7 Å². The second-order valence-electron chi connectivity index (χ2n) is 6.10. The van der Waals surface area contributed by atoms with E-state index in [2.05, 4.69) is 4.90 Å². The average molecular weight is 325 g/mol. The van der Waals surface area contributed by atoms with E-state index < -0.39 is 6.10 Å². The Morgan fingerprint density at radius 2 is 1.75 bits per heavy atom. The van der Waals surface area contributed by atoms with E-state index in [9.17, 15) is 5.11 Å². The smallest absolute Gasteiger partial charge is 0.118 e. The number of hydrogen-bond donors (Lipinski definition) is 1. The van der Waals surface area contributed by atoms with Crippen LogP contribution >= 0.6 is 0 Å². The molecule has 0 spiro atoms. The molecule has 4 heteroatoms. The molecule has 1 aromatic carbocycles. The van der Waals surface area contributed by atoms with Gasteiger partial charge in [0.2, 0.25) is 0 Å². The minimum absolute atomic E-state index is 0.446. The van der Waals surface area contributed by atoms with Crippen LogP contribution in [0.4, 0.5) is 0 Å². The number of aryl methyl sites for hydroxylation is 1. The Balaban J connectivity index is 1.64. The zero-order valence-electron chi connectivity index (χ0n) is 13.9. The highest BCUT2D eigenvalue weighted by Crippen LogP contribution is 2.14. The Kier molecular flexibility index (Phi) is 5.51. The highest BCUT2D eigenvalue weighted by Gasteiger charge is 2.16. The molecule has 0 aliphatic rings. The van der Waals surface area contributed by atoms with Gasteiger partial charge in [0, 0.05) is 6.54 Å². The molecule has 0 radical (unpaired) electrons. The molecule has 0 amide bonds.